The van der Waals surface area contributed by atoms with Crippen molar-refractivity contribution >= 4 is 69.4 Å². The number of anilines is 3. The summed E-state index contributed by atoms with van der Waals surface area (Å²) in [7, 11) is 1.73. The Morgan fingerprint density at radius 1 is 1.30 bits per heavy atom. The molecule has 4 rings (SSSR count). The number of carboxylic acids is 2. The third-order valence-corrected chi connectivity index (χ3v) is 8.50. The Bertz CT molecular complexity index is 1520. The van der Waals surface area contributed by atoms with Gasteiger partial charge in [-0.3, -0.25) is 14.5 Å². The molecule has 20 heteroatoms. The molecule has 0 aliphatic carbocycles. The van der Waals surface area contributed by atoms with Crippen LogP contribution in [0, 0.1) is 0 Å². The van der Waals surface area contributed by atoms with Gasteiger partial charge < -0.3 is 42.9 Å². The SMILES string of the molecule is Cn1c(N)c(NCCCN)c[n+]1CC1=C(C(=O)O)N2C(=O)[C@@H](NC(=O)/C(=N/OC(C)(C)C(=O)O)c3nsc(N)n3)[C@H]2SC1. The number of thioether (sulfide) groups is 1. The van der Waals surface area contributed by atoms with Crippen LogP contribution in [0.2, 0.25) is 0 Å². The molecule has 1 saturated heterocycles. The molecule has 0 bridgehead atoms. The molecule has 0 spiro atoms. The third kappa shape index (κ3) is 6.34. The first-order chi connectivity index (χ1) is 20.3. The van der Waals surface area contributed by atoms with Crippen molar-refractivity contribution in [1.82, 2.24) is 24.3 Å². The van der Waals surface area contributed by atoms with E-state index in [1.165, 1.54) is 25.6 Å². The number of rotatable bonds is 13. The first-order valence-corrected chi connectivity index (χ1v) is 14.7. The number of amides is 2. The van der Waals surface area contributed by atoms with Crippen LogP contribution in [0.3, 0.4) is 0 Å². The van der Waals surface area contributed by atoms with Crippen LogP contribution in [0.5, 0.6) is 0 Å². The van der Waals surface area contributed by atoms with Crippen LogP contribution >= 0.6 is 23.3 Å². The maximum atomic E-state index is 13.2. The number of aromatic nitrogens is 4. The molecular formula is C23H32N11O7S2+. The number of nitrogens with zero attached hydrogens (tertiary/aromatic N) is 6. The topological polar surface area (TPSA) is 270 Å². The minimum absolute atomic E-state index is 0.0156. The van der Waals surface area contributed by atoms with Gasteiger partial charge in [0.15, 0.2) is 17.5 Å². The Labute approximate surface area is 253 Å². The fourth-order valence-corrected chi connectivity index (χ4v) is 5.92. The third-order valence-electron chi connectivity index (χ3n) is 6.62. The van der Waals surface area contributed by atoms with Crippen molar-refractivity contribution in [2.45, 2.75) is 43.8 Å². The minimum Gasteiger partial charge on any atom is -0.478 e. The average Bonchev–Trinajstić information content (AvgIpc) is 3.49. The Morgan fingerprint density at radius 2 is 2.02 bits per heavy atom. The van der Waals surface area contributed by atoms with Gasteiger partial charge in [-0.1, -0.05) is 5.16 Å². The van der Waals surface area contributed by atoms with E-state index in [0.29, 0.717) is 30.2 Å². The number of nitrogens with two attached hydrogens (primary N) is 3. The van der Waals surface area contributed by atoms with Crippen LogP contribution in [0.1, 0.15) is 26.1 Å². The molecule has 2 aliphatic heterocycles. The lowest BCUT2D eigenvalue weighted by atomic mass is 10.0. The largest absolute Gasteiger partial charge is 0.478 e. The van der Waals surface area contributed by atoms with Crippen molar-refractivity contribution in [2.24, 2.45) is 17.9 Å². The highest BCUT2D eigenvalue weighted by Crippen LogP contribution is 2.40. The lowest BCUT2D eigenvalue weighted by Gasteiger charge is -2.49. The normalized spacial score (nSPS) is 18.7. The number of hydrogen-bond acceptors (Lipinski definition) is 14. The van der Waals surface area contributed by atoms with Crippen LogP contribution in [0.4, 0.5) is 16.6 Å². The van der Waals surface area contributed by atoms with Crippen molar-refractivity contribution in [2.75, 3.05) is 35.6 Å². The summed E-state index contributed by atoms with van der Waals surface area (Å²) in [6.07, 6.45) is 2.49. The number of β-lactam (4-membered cyclic amide) rings is 1. The second-order valence-corrected chi connectivity index (χ2v) is 11.9. The number of nitrogen functional groups attached to an aromatic ring is 2. The molecule has 43 heavy (non-hydrogen) atoms. The molecule has 0 radical (unpaired) electrons. The first-order valence-electron chi connectivity index (χ1n) is 12.9. The highest BCUT2D eigenvalue weighted by atomic mass is 32.2. The minimum atomic E-state index is -1.80. The summed E-state index contributed by atoms with van der Waals surface area (Å²) in [5.74, 6) is -3.77. The smallest absolute Gasteiger partial charge is 0.352 e. The maximum Gasteiger partial charge on any atom is 0.352 e. The van der Waals surface area contributed by atoms with E-state index in [1.54, 1.807) is 22.6 Å². The predicted molar refractivity (Wildman–Crippen MR) is 156 cm³/mol. The van der Waals surface area contributed by atoms with Crippen LogP contribution in [-0.4, -0.2) is 94.5 Å². The van der Waals surface area contributed by atoms with E-state index < -0.39 is 46.5 Å². The molecule has 2 aromatic heterocycles. The highest BCUT2D eigenvalue weighted by Gasteiger charge is 2.55. The zero-order chi connectivity index (χ0) is 31.6. The van der Waals surface area contributed by atoms with Crippen molar-refractivity contribution in [3.63, 3.8) is 0 Å². The summed E-state index contributed by atoms with van der Waals surface area (Å²) in [6, 6.07) is -1.11. The molecule has 2 atom stereocenters. The van der Waals surface area contributed by atoms with Crippen LogP contribution in [0.25, 0.3) is 0 Å². The Kier molecular flexibility index (Phi) is 9.11. The molecule has 2 aliphatic rings. The summed E-state index contributed by atoms with van der Waals surface area (Å²) in [5, 5.41) is 28.1. The fraction of sp³-hybridized carbons (Fsp3) is 0.478. The number of carbonyl (C=O) groups is 4. The molecule has 232 valence electrons. The van der Waals surface area contributed by atoms with E-state index >= 15 is 0 Å². The van der Waals surface area contributed by atoms with Gasteiger partial charge in [0.2, 0.25) is 23.3 Å². The number of hydrogen-bond donors (Lipinski definition) is 7. The molecule has 0 aromatic carbocycles. The van der Waals surface area contributed by atoms with Gasteiger partial charge in [0, 0.05) is 29.4 Å². The number of carbonyl (C=O) groups excluding carboxylic acids is 2. The molecular weight excluding hydrogens is 606 g/mol. The zero-order valence-corrected chi connectivity index (χ0v) is 25.1. The van der Waals surface area contributed by atoms with Gasteiger partial charge in [-0.25, -0.2) is 9.59 Å². The summed E-state index contributed by atoms with van der Waals surface area (Å²) >= 11 is 2.04. The lowest BCUT2D eigenvalue weighted by molar-refractivity contribution is -0.765. The van der Waals surface area contributed by atoms with E-state index in [0.717, 1.165) is 22.9 Å². The van der Waals surface area contributed by atoms with E-state index in [1.807, 2.05) is 0 Å². The summed E-state index contributed by atoms with van der Waals surface area (Å²) in [6.45, 7) is 3.72. The Hall–Kier alpha value is -4.43. The van der Waals surface area contributed by atoms with Crippen LogP contribution < -0.4 is 32.5 Å². The van der Waals surface area contributed by atoms with Gasteiger partial charge in [-0.2, -0.15) is 9.36 Å². The van der Waals surface area contributed by atoms with Crippen molar-refractivity contribution in [3.8, 4) is 0 Å². The molecule has 4 heterocycles. The van der Waals surface area contributed by atoms with E-state index in [-0.39, 0.29) is 29.0 Å². The summed E-state index contributed by atoms with van der Waals surface area (Å²) in [5.41, 5.74) is 16.0. The van der Waals surface area contributed by atoms with Gasteiger partial charge in [-0.05, 0) is 26.8 Å². The number of fused-ring (bicyclic) bond motifs is 1. The molecule has 18 nitrogen and oxygen atoms in total. The molecule has 10 N–H and O–H groups in total. The Balaban J connectivity index is 1.54. The number of oxime groups is 1. The molecule has 1 fully saturated rings. The van der Waals surface area contributed by atoms with Crippen LogP contribution in [-0.2, 0) is 37.6 Å². The molecule has 2 amide bonds. The van der Waals surface area contributed by atoms with Crippen LogP contribution in [0.15, 0.2) is 22.6 Å². The van der Waals surface area contributed by atoms with E-state index in [9.17, 15) is 29.4 Å². The summed E-state index contributed by atoms with van der Waals surface area (Å²) < 4.78 is 7.33. The van der Waals surface area contributed by atoms with Gasteiger partial charge >= 0.3 is 11.9 Å². The molecule has 0 saturated carbocycles. The number of aliphatic carboxylic acids is 2. The standard InChI is InChI=1S/C23H31N11O7S2/c1-23(2,21(39)40)41-30-12(16-29-22(26)43-31-16)17(35)28-13-18(36)34-14(20(37)38)10(9-42-19(13)34)7-33-8-11(15(25)32(33)3)27-6-4-5-24/h8,13,19,25,27H,4-7,9,24H2,1-3H3,(H5,26,28,29,31,35,37,38,39,40)/p+1/b30-12+/t13-,19-/m1/s1. The number of nitrogens with one attached hydrogen (secondary N) is 2. The first kappa shape index (κ1) is 31.5. The summed E-state index contributed by atoms with van der Waals surface area (Å²) in [4.78, 5) is 60.4. The zero-order valence-electron chi connectivity index (χ0n) is 23.4. The van der Waals surface area contributed by atoms with Crippen molar-refractivity contribution in [1.29, 1.82) is 0 Å². The monoisotopic (exact) mass is 638 g/mol. The van der Waals surface area contributed by atoms with E-state index in [4.69, 9.17) is 22.0 Å². The highest BCUT2D eigenvalue weighted by molar-refractivity contribution is 8.00. The van der Waals surface area contributed by atoms with E-state index in [2.05, 4.69) is 25.1 Å². The average molecular weight is 639 g/mol. The molecule has 2 aromatic rings. The second-order valence-electron chi connectivity index (χ2n) is 10.0. The maximum absolute atomic E-state index is 13.2. The van der Waals surface area contributed by atoms with Crippen molar-refractivity contribution in [3.05, 3.63) is 23.3 Å². The van der Waals surface area contributed by atoms with Crippen molar-refractivity contribution < 1.29 is 38.9 Å². The number of carboxylic acid groups (broad SMARTS) is 2. The fourth-order valence-electron chi connectivity index (χ4n) is 4.15. The lowest BCUT2D eigenvalue weighted by Crippen LogP contribution is -2.71. The quantitative estimate of drug-likeness (QED) is 0.0416. The van der Waals surface area contributed by atoms with Gasteiger partial charge in [0.1, 0.15) is 22.8 Å². The van der Waals surface area contributed by atoms with Gasteiger partial charge in [-0.15, -0.1) is 21.1 Å². The molecule has 0 unspecified atom stereocenters. The Morgan fingerprint density at radius 3 is 2.63 bits per heavy atom. The van der Waals surface area contributed by atoms with Gasteiger partial charge in [0.05, 0.1) is 7.05 Å². The predicted octanol–water partition coefficient (Wildman–Crippen LogP) is -1.89. The second kappa shape index (κ2) is 12.4. The van der Waals surface area contributed by atoms with Gasteiger partial charge in [0.25, 0.3) is 11.8 Å².